The number of halogens is 1. The third-order valence-electron chi connectivity index (χ3n) is 2.53. The smallest absolute Gasteiger partial charge is 0.251 e. The second-order valence-electron chi connectivity index (χ2n) is 3.68. The zero-order valence-electron chi connectivity index (χ0n) is 8.92. The number of rotatable bonds is 3. The highest BCUT2D eigenvalue weighted by molar-refractivity contribution is 5.94. The first-order chi connectivity index (χ1) is 7.70. The Balaban J connectivity index is 2.09. The number of benzene rings is 1. The Kier molecular flexibility index (Phi) is 3.05. The van der Waals surface area contributed by atoms with E-state index in [1.165, 1.54) is 25.3 Å². The van der Waals surface area contributed by atoms with Crippen LogP contribution in [0.2, 0.25) is 0 Å². The highest BCUT2D eigenvalue weighted by Crippen LogP contribution is 2.18. The predicted molar refractivity (Wildman–Crippen MR) is 57.1 cm³/mol. The van der Waals surface area contributed by atoms with Gasteiger partial charge in [-0.3, -0.25) is 4.79 Å². The molecule has 1 saturated heterocycles. The van der Waals surface area contributed by atoms with Gasteiger partial charge in [-0.2, -0.15) is 0 Å². The molecule has 0 bridgehead atoms. The molecule has 1 aromatic rings. The van der Waals surface area contributed by atoms with Crippen LogP contribution in [-0.4, -0.2) is 32.1 Å². The highest BCUT2D eigenvalue weighted by Gasteiger charge is 2.20. The fraction of sp³-hybridized carbons (Fsp3) is 0.364. The molecular formula is C11H13FN2O2. The standard InChI is InChI=1S/C11H13FN2O2/c1-16-10-4-7(2-3-9(10)12)11(15)14-8-5-13-6-8/h2-4,8,13H,5-6H2,1H3,(H,14,15). The van der Waals surface area contributed by atoms with E-state index >= 15 is 0 Å². The molecule has 0 radical (unpaired) electrons. The number of carbonyl (C=O) groups is 1. The number of hydrogen-bond donors (Lipinski definition) is 2. The van der Waals surface area contributed by atoms with Crippen LogP contribution in [0.4, 0.5) is 4.39 Å². The fourth-order valence-corrected chi connectivity index (χ4v) is 1.46. The Hall–Kier alpha value is -1.62. The lowest BCUT2D eigenvalue weighted by molar-refractivity contribution is 0.0923. The van der Waals surface area contributed by atoms with E-state index in [2.05, 4.69) is 10.6 Å². The summed E-state index contributed by atoms with van der Waals surface area (Å²) < 4.78 is 17.9. The van der Waals surface area contributed by atoms with Crippen molar-refractivity contribution in [2.75, 3.05) is 20.2 Å². The van der Waals surface area contributed by atoms with Gasteiger partial charge in [0.05, 0.1) is 13.2 Å². The van der Waals surface area contributed by atoms with E-state index in [1.54, 1.807) is 0 Å². The molecule has 4 nitrogen and oxygen atoms in total. The quantitative estimate of drug-likeness (QED) is 0.787. The van der Waals surface area contributed by atoms with Gasteiger partial charge in [0.2, 0.25) is 0 Å². The maximum absolute atomic E-state index is 13.1. The minimum Gasteiger partial charge on any atom is -0.494 e. The van der Waals surface area contributed by atoms with E-state index in [1.807, 2.05) is 0 Å². The molecule has 0 aliphatic carbocycles. The molecule has 1 aliphatic rings. The minimum absolute atomic E-state index is 0.0828. The molecule has 0 atom stereocenters. The van der Waals surface area contributed by atoms with Crippen molar-refractivity contribution in [3.05, 3.63) is 29.6 Å². The van der Waals surface area contributed by atoms with Crippen LogP contribution < -0.4 is 15.4 Å². The third kappa shape index (κ3) is 2.14. The third-order valence-corrected chi connectivity index (χ3v) is 2.53. The minimum atomic E-state index is -0.468. The number of ether oxygens (including phenoxy) is 1. The van der Waals surface area contributed by atoms with Gasteiger partial charge >= 0.3 is 0 Å². The summed E-state index contributed by atoms with van der Waals surface area (Å²) in [6.45, 7) is 1.56. The summed E-state index contributed by atoms with van der Waals surface area (Å²) in [5, 5.41) is 5.87. The van der Waals surface area contributed by atoms with E-state index in [-0.39, 0.29) is 17.7 Å². The first-order valence-electron chi connectivity index (χ1n) is 5.06. The monoisotopic (exact) mass is 224 g/mol. The number of nitrogens with one attached hydrogen (secondary N) is 2. The van der Waals surface area contributed by atoms with E-state index in [0.29, 0.717) is 5.56 Å². The van der Waals surface area contributed by atoms with Gasteiger partial charge < -0.3 is 15.4 Å². The van der Waals surface area contributed by atoms with E-state index < -0.39 is 5.82 Å². The first kappa shape index (κ1) is 10.9. The fourth-order valence-electron chi connectivity index (χ4n) is 1.46. The average Bonchev–Trinajstić information content (AvgIpc) is 2.24. The Labute approximate surface area is 92.8 Å². The molecule has 1 fully saturated rings. The normalized spacial score (nSPS) is 15.4. The maximum Gasteiger partial charge on any atom is 0.251 e. The van der Waals surface area contributed by atoms with Crippen molar-refractivity contribution in [2.24, 2.45) is 0 Å². The van der Waals surface area contributed by atoms with Crippen LogP contribution >= 0.6 is 0 Å². The van der Waals surface area contributed by atoms with Crippen molar-refractivity contribution in [1.29, 1.82) is 0 Å². The van der Waals surface area contributed by atoms with Gasteiger partial charge in [0, 0.05) is 18.7 Å². The van der Waals surface area contributed by atoms with Gasteiger partial charge in [-0.25, -0.2) is 4.39 Å². The van der Waals surface area contributed by atoms with Gasteiger partial charge in [-0.15, -0.1) is 0 Å². The van der Waals surface area contributed by atoms with Crippen LogP contribution in [0.15, 0.2) is 18.2 Å². The molecule has 1 amide bonds. The zero-order valence-corrected chi connectivity index (χ0v) is 8.92. The lowest BCUT2D eigenvalue weighted by Crippen LogP contribution is -2.56. The van der Waals surface area contributed by atoms with E-state index in [4.69, 9.17) is 4.74 Å². The van der Waals surface area contributed by atoms with Crippen molar-refractivity contribution in [2.45, 2.75) is 6.04 Å². The lowest BCUT2D eigenvalue weighted by Gasteiger charge is -2.27. The molecule has 86 valence electrons. The maximum atomic E-state index is 13.1. The molecule has 5 heteroatoms. The molecule has 0 saturated carbocycles. The lowest BCUT2D eigenvalue weighted by atomic mass is 10.1. The van der Waals surface area contributed by atoms with Crippen LogP contribution in [0.1, 0.15) is 10.4 Å². The van der Waals surface area contributed by atoms with Gasteiger partial charge in [-0.05, 0) is 18.2 Å². The molecular weight excluding hydrogens is 211 g/mol. The molecule has 0 spiro atoms. The number of amides is 1. The van der Waals surface area contributed by atoms with Crippen molar-refractivity contribution in [1.82, 2.24) is 10.6 Å². The summed E-state index contributed by atoms with van der Waals surface area (Å²) in [6, 6.07) is 4.24. The average molecular weight is 224 g/mol. The van der Waals surface area contributed by atoms with Gasteiger partial charge in [0.15, 0.2) is 11.6 Å². The summed E-state index contributed by atoms with van der Waals surface area (Å²) in [4.78, 5) is 11.7. The van der Waals surface area contributed by atoms with Crippen molar-refractivity contribution in [3.8, 4) is 5.75 Å². The largest absolute Gasteiger partial charge is 0.494 e. The van der Waals surface area contributed by atoms with Crippen molar-refractivity contribution >= 4 is 5.91 Å². The Morgan fingerprint density at radius 3 is 2.88 bits per heavy atom. The first-order valence-corrected chi connectivity index (χ1v) is 5.06. The topological polar surface area (TPSA) is 50.4 Å². The number of hydrogen-bond acceptors (Lipinski definition) is 3. The van der Waals surface area contributed by atoms with Crippen molar-refractivity contribution < 1.29 is 13.9 Å². The Bertz CT molecular complexity index is 405. The second-order valence-corrected chi connectivity index (χ2v) is 3.68. The number of methoxy groups -OCH3 is 1. The van der Waals surface area contributed by atoms with Gasteiger partial charge in [0.25, 0.3) is 5.91 Å². The molecule has 2 N–H and O–H groups in total. The summed E-state index contributed by atoms with van der Waals surface area (Å²) >= 11 is 0. The summed E-state index contributed by atoms with van der Waals surface area (Å²) in [5.74, 6) is -0.589. The van der Waals surface area contributed by atoms with Crippen LogP contribution in [0, 0.1) is 5.82 Å². The van der Waals surface area contributed by atoms with Crippen LogP contribution in [0.5, 0.6) is 5.75 Å². The van der Waals surface area contributed by atoms with Crippen LogP contribution in [-0.2, 0) is 0 Å². The molecule has 16 heavy (non-hydrogen) atoms. The summed E-state index contributed by atoms with van der Waals surface area (Å²) in [5.41, 5.74) is 0.408. The SMILES string of the molecule is COc1cc(C(=O)NC2CNC2)ccc1F. The predicted octanol–water partition coefficient (Wildman–Crippen LogP) is 0.536. The summed E-state index contributed by atoms with van der Waals surface area (Å²) in [6.07, 6.45) is 0. The van der Waals surface area contributed by atoms with Crippen LogP contribution in [0.25, 0.3) is 0 Å². The zero-order chi connectivity index (χ0) is 11.5. The Morgan fingerprint density at radius 2 is 2.31 bits per heavy atom. The number of carbonyl (C=O) groups excluding carboxylic acids is 1. The molecule has 1 aromatic carbocycles. The van der Waals surface area contributed by atoms with Gasteiger partial charge in [-0.1, -0.05) is 0 Å². The second kappa shape index (κ2) is 4.49. The van der Waals surface area contributed by atoms with E-state index in [0.717, 1.165) is 13.1 Å². The molecule has 1 aliphatic heterocycles. The molecule has 1 heterocycles. The molecule has 2 rings (SSSR count). The van der Waals surface area contributed by atoms with Crippen LogP contribution in [0.3, 0.4) is 0 Å². The highest BCUT2D eigenvalue weighted by atomic mass is 19.1. The van der Waals surface area contributed by atoms with Gasteiger partial charge in [0.1, 0.15) is 0 Å². The van der Waals surface area contributed by atoms with Crippen molar-refractivity contribution in [3.63, 3.8) is 0 Å². The molecule has 0 unspecified atom stereocenters. The molecule has 0 aromatic heterocycles. The van der Waals surface area contributed by atoms with E-state index in [9.17, 15) is 9.18 Å². The Morgan fingerprint density at radius 1 is 1.56 bits per heavy atom. The summed E-state index contributed by atoms with van der Waals surface area (Å²) in [7, 11) is 1.37.